The van der Waals surface area contributed by atoms with E-state index in [0.29, 0.717) is 13.0 Å². The molecule has 26 heavy (non-hydrogen) atoms. The predicted molar refractivity (Wildman–Crippen MR) is 111 cm³/mol. The van der Waals surface area contributed by atoms with Crippen LogP contribution in [0.3, 0.4) is 0 Å². The Morgan fingerprint density at radius 1 is 1.23 bits per heavy atom. The molecule has 0 bridgehead atoms. The minimum absolute atomic E-state index is 0.0216. The summed E-state index contributed by atoms with van der Waals surface area (Å²) in [6.07, 6.45) is 0.332. The predicted octanol–water partition coefficient (Wildman–Crippen LogP) is 4.37. The molecule has 1 amide bonds. The number of thiophene rings is 1. The van der Waals surface area contributed by atoms with E-state index in [1.807, 2.05) is 16.8 Å². The maximum Gasteiger partial charge on any atom is 0.226 e. The molecule has 6 heteroatoms. The Balaban J connectivity index is 1.48. The first kappa shape index (κ1) is 18.6. The van der Waals surface area contributed by atoms with E-state index in [1.165, 1.54) is 11.3 Å². The van der Waals surface area contributed by atoms with Crippen molar-refractivity contribution in [1.29, 1.82) is 0 Å². The summed E-state index contributed by atoms with van der Waals surface area (Å²) in [5.41, 5.74) is 3.28. The van der Waals surface area contributed by atoms with Crippen molar-refractivity contribution in [2.45, 2.75) is 20.3 Å². The van der Waals surface area contributed by atoms with Crippen molar-refractivity contribution in [3.05, 3.63) is 58.4 Å². The first-order valence-corrected chi connectivity index (χ1v) is 10.5. The van der Waals surface area contributed by atoms with Crippen molar-refractivity contribution in [3.8, 4) is 9.88 Å². The van der Waals surface area contributed by atoms with Crippen LogP contribution in [0.15, 0.2) is 47.2 Å². The van der Waals surface area contributed by atoms with Gasteiger partial charge < -0.3 is 10.2 Å². The summed E-state index contributed by atoms with van der Waals surface area (Å²) in [6, 6.07) is 12.5. The van der Waals surface area contributed by atoms with Gasteiger partial charge in [-0.2, -0.15) is 0 Å². The van der Waals surface area contributed by atoms with Crippen molar-refractivity contribution in [3.63, 3.8) is 0 Å². The number of aromatic nitrogens is 1. The Labute approximate surface area is 162 Å². The van der Waals surface area contributed by atoms with Crippen molar-refractivity contribution in [1.82, 2.24) is 10.3 Å². The van der Waals surface area contributed by atoms with E-state index < -0.39 is 0 Å². The summed E-state index contributed by atoms with van der Waals surface area (Å²) in [5.74, 6) is 0.0216. The molecule has 0 aliphatic heterocycles. The molecule has 1 aromatic carbocycles. The highest BCUT2D eigenvalue weighted by Gasteiger charge is 2.10. The maximum atomic E-state index is 12.2. The summed E-state index contributed by atoms with van der Waals surface area (Å²) in [5, 5.41) is 8.01. The van der Waals surface area contributed by atoms with Crippen LogP contribution in [0.5, 0.6) is 0 Å². The van der Waals surface area contributed by atoms with Gasteiger partial charge in [0.1, 0.15) is 5.01 Å². The zero-order valence-electron chi connectivity index (χ0n) is 15.1. The number of hydrogen-bond donors (Lipinski definition) is 1. The molecule has 136 valence electrons. The van der Waals surface area contributed by atoms with Crippen LogP contribution in [0.25, 0.3) is 9.88 Å². The molecule has 3 rings (SSSR count). The van der Waals surface area contributed by atoms with Gasteiger partial charge in [-0.05, 0) is 43.0 Å². The maximum absolute atomic E-state index is 12.2. The second-order valence-electron chi connectivity index (χ2n) is 6.07. The van der Waals surface area contributed by atoms with E-state index in [1.54, 1.807) is 22.7 Å². The van der Waals surface area contributed by atoms with E-state index in [4.69, 9.17) is 0 Å². The fourth-order valence-electron chi connectivity index (χ4n) is 2.75. The molecular formula is C20H23N3OS2. The molecule has 0 spiro atoms. The third kappa shape index (κ3) is 4.93. The van der Waals surface area contributed by atoms with Gasteiger partial charge >= 0.3 is 0 Å². The molecule has 0 saturated heterocycles. The van der Waals surface area contributed by atoms with Gasteiger partial charge in [0.15, 0.2) is 0 Å². The molecular weight excluding hydrogens is 362 g/mol. The molecule has 0 aliphatic rings. The number of likely N-dealkylation sites (N-methyl/N-ethyl adjacent to an activating group) is 1. The highest BCUT2D eigenvalue weighted by Crippen LogP contribution is 2.27. The molecule has 0 aliphatic carbocycles. The SMILES string of the molecule is CCN(CCNC(=O)Cc1csc(-c2cccs2)n1)c1cccc(C)c1. The van der Waals surface area contributed by atoms with Gasteiger partial charge in [0.2, 0.25) is 5.91 Å². The van der Waals surface area contributed by atoms with Gasteiger partial charge in [0.05, 0.1) is 17.0 Å². The lowest BCUT2D eigenvalue weighted by molar-refractivity contribution is -0.120. The largest absolute Gasteiger partial charge is 0.370 e. The molecule has 0 atom stereocenters. The molecule has 0 fully saturated rings. The second-order valence-corrected chi connectivity index (χ2v) is 7.87. The second kappa shape index (κ2) is 8.96. The molecule has 0 saturated carbocycles. The normalized spacial score (nSPS) is 10.7. The number of anilines is 1. The lowest BCUT2D eigenvalue weighted by Crippen LogP contribution is -2.35. The topological polar surface area (TPSA) is 45.2 Å². The first-order chi connectivity index (χ1) is 12.7. The monoisotopic (exact) mass is 385 g/mol. The van der Waals surface area contributed by atoms with Crippen LogP contribution in [0.1, 0.15) is 18.2 Å². The Morgan fingerprint density at radius 2 is 2.12 bits per heavy atom. The number of hydrogen-bond acceptors (Lipinski definition) is 5. The molecule has 4 nitrogen and oxygen atoms in total. The van der Waals surface area contributed by atoms with Gasteiger partial charge in [-0.1, -0.05) is 18.2 Å². The fourth-order valence-corrected chi connectivity index (χ4v) is 4.39. The number of amides is 1. The minimum atomic E-state index is 0.0216. The van der Waals surface area contributed by atoms with Crippen LogP contribution in [0, 0.1) is 6.92 Å². The van der Waals surface area contributed by atoms with Crippen LogP contribution < -0.4 is 10.2 Å². The van der Waals surface area contributed by atoms with Crippen molar-refractivity contribution >= 4 is 34.3 Å². The third-order valence-electron chi connectivity index (χ3n) is 4.08. The molecule has 0 radical (unpaired) electrons. The number of rotatable bonds is 8. The Hall–Kier alpha value is -2.18. The fraction of sp³-hybridized carbons (Fsp3) is 0.300. The van der Waals surface area contributed by atoms with Crippen LogP contribution >= 0.6 is 22.7 Å². The standard InChI is InChI=1S/C20H23N3OS2/c1-3-23(17-7-4-6-15(2)12-17)10-9-21-19(24)13-16-14-26-20(22-16)18-8-5-11-25-18/h4-8,11-12,14H,3,9-10,13H2,1-2H3,(H,21,24). The summed E-state index contributed by atoms with van der Waals surface area (Å²) < 4.78 is 0. The van der Waals surface area contributed by atoms with E-state index in [2.05, 4.69) is 59.4 Å². The first-order valence-electron chi connectivity index (χ1n) is 8.72. The van der Waals surface area contributed by atoms with Gasteiger partial charge in [-0.25, -0.2) is 4.98 Å². The minimum Gasteiger partial charge on any atom is -0.370 e. The molecule has 2 heterocycles. The highest BCUT2D eigenvalue weighted by molar-refractivity contribution is 7.20. The van der Waals surface area contributed by atoms with Crippen molar-refractivity contribution < 1.29 is 4.79 Å². The number of carbonyl (C=O) groups is 1. The number of thiazole rings is 1. The molecule has 1 N–H and O–H groups in total. The third-order valence-corrected chi connectivity index (χ3v) is 6.01. The van der Waals surface area contributed by atoms with Crippen LogP contribution in [0.4, 0.5) is 5.69 Å². The lowest BCUT2D eigenvalue weighted by atomic mass is 10.2. The van der Waals surface area contributed by atoms with Gasteiger partial charge in [-0.15, -0.1) is 22.7 Å². The zero-order valence-corrected chi connectivity index (χ0v) is 16.7. The quantitative estimate of drug-likeness (QED) is 0.626. The van der Waals surface area contributed by atoms with Crippen molar-refractivity contribution in [2.75, 3.05) is 24.5 Å². The lowest BCUT2D eigenvalue weighted by Gasteiger charge is -2.23. The van der Waals surface area contributed by atoms with Gasteiger partial charge in [0, 0.05) is 30.7 Å². The summed E-state index contributed by atoms with van der Waals surface area (Å²) >= 11 is 3.26. The Morgan fingerprint density at radius 3 is 2.85 bits per heavy atom. The van der Waals surface area contributed by atoms with E-state index in [0.717, 1.165) is 28.7 Å². The van der Waals surface area contributed by atoms with Crippen molar-refractivity contribution in [2.24, 2.45) is 0 Å². The average Bonchev–Trinajstić information content (AvgIpc) is 3.30. The summed E-state index contributed by atoms with van der Waals surface area (Å²) in [6.45, 7) is 6.56. The number of nitrogens with one attached hydrogen (secondary N) is 1. The number of nitrogens with zero attached hydrogens (tertiary/aromatic N) is 2. The van der Waals surface area contributed by atoms with Gasteiger partial charge in [-0.3, -0.25) is 4.79 Å². The number of carbonyl (C=O) groups excluding carboxylic acids is 1. The summed E-state index contributed by atoms with van der Waals surface area (Å²) in [4.78, 5) is 20.2. The zero-order chi connectivity index (χ0) is 18.4. The Bertz CT molecular complexity index is 842. The molecule has 2 aromatic heterocycles. The average molecular weight is 386 g/mol. The van der Waals surface area contributed by atoms with E-state index in [-0.39, 0.29) is 5.91 Å². The van der Waals surface area contributed by atoms with Crippen LogP contribution in [0.2, 0.25) is 0 Å². The van der Waals surface area contributed by atoms with E-state index in [9.17, 15) is 4.79 Å². The Kier molecular flexibility index (Phi) is 6.41. The van der Waals surface area contributed by atoms with E-state index >= 15 is 0 Å². The molecule has 0 unspecified atom stereocenters. The highest BCUT2D eigenvalue weighted by atomic mass is 32.1. The van der Waals surface area contributed by atoms with Gasteiger partial charge in [0.25, 0.3) is 0 Å². The molecule has 3 aromatic rings. The summed E-state index contributed by atoms with van der Waals surface area (Å²) in [7, 11) is 0. The van der Waals surface area contributed by atoms with Crippen LogP contribution in [-0.2, 0) is 11.2 Å². The van der Waals surface area contributed by atoms with Crippen LogP contribution in [-0.4, -0.2) is 30.5 Å². The number of benzene rings is 1. The number of aryl methyl sites for hydroxylation is 1. The smallest absolute Gasteiger partial charge is 0.226 e.